The monoisotopic (exact) mass is 408 g/mol. The molecule has 0 spiro atoms. The van der Waals surface area contributed by atoms with Crippen LogP contribution in [0.25, 0.3) is 0 Å². The van der Waals surface area contributed by atoms with E-state index in [0.29, 0.717) is 11.0 Å². The van der Waals surface area contributed by atoms with Crippen LogP contribution in [0.15, 0.2) is 45.8 Å². The van der Waals surface area contributed by atoms with Gasteiger partial charge in [-0.25, -0.2) is 13.6 Å². The van der Waals surface area contributed by atoms with Crippen molar-refractivity contribution in [2.75, 3.05) is 11.4 Å². The van der Waals surface area contributed by atoms with E-state index in [1.807, 2.05) is 19.1 Å². The van der Waals surface area contributed by atoms with Gasteiger partial charge in [-0.2, -0.15) is 0 Å². The van der Waals surface area contributed by atoms with Gasteiger partial charge in [0.2, 0.25) is 10.0 Å². The predicted octanol–water partition coefficient (Wildman–Crippen LogP) is 3.00. The predicted molar refractivity (Wildman–Crippen MR) is 96.7 cm³/mol. The Kier molecular flexibility index (Phi) is 4.50. The molecule has 0 saturated carbocycles. The average Bonchev–Trinajstić information content (AvgIpc) is 2.52. The summed E-state index contributed by atoms with van der Waals surface area (Å²) in [6.45, 7) is 2.62. The first-order valence-corrected chi connectivity index (χ1v) is 9.85. The van der Waals surface area contributed by atoms with Crippen LogP contribution in [0, 0.1) is 6.92 Å². The molecule has 0 bridgehead atoms. The van der Waals surface area contributed by atoms with Crippen molar-refractivity contribution < 1.29 is 13.2 Å². The molecule has 1 aliphatic rings. The van der Waals surface area contributed by atoms with Crippen LogP contribution in [0.5, 0.6) is 0 Å². The molecule has 2 aromatic carbocycles. The van der Waals surface area contributed by atoms with Gasteiger partial charge < -0.3 is 4.90 Å². The molecule has 2 aromatic rings. The minimum Gasteiger partial charge on any atom is -0.308 e. The molecule has 24 heavy (non-hydrogen) atoms. The molecule has 0 aromatic heterocycles. The largest absolute Gasteiger partial charge is 0.308 e. The third-order valence-electron chi connectivity index (χ3n) is 4.10. The Morgan fingerprint density at radius 3 is 2.67 bits per heavy atom. The van der Waals surface area contributed by atoms with E-state index in [-0.39, 0.29) is 16.4 Å². The second-order valence-corrected chi connectivity index (χ2v) is 8.29. The Balaban J connectivity index is 2.05. The molecule has 5 nitrogen and oxygen atoms in total. The Labute approximate surface area is 149 Å². The summed E-state index contributed by atoms with van der Waals surface area (Å²) in [5, 5.41) is 5.18. The van der Waals surface area contributed by atoms with E-state index in [1.54, 1.807) is 4.90 Å². The Morgan fingerprint density at radius 2 is 1.96 bits per heavy atom. The van der Waals surface area contributed by atoms with Gasteiger partial charge in [0, 0.05) is 16.7 Å². The smallest absolute Gasteiger partial charge is 0.259 e. The molecule has 0 unspecified atom stereocenters. The first kappa shape index (κ1) is 17.1. The van der Waals surface area contributed by atoms with Crippen molar-refractivity contribution in [3.05, 3.63) is 57.6 Å². The molecule has 2 N–H and O–H groups in total. The van der Waals surface area contributed by atoms with Crippen LogP contribution in [-0.2, 0) is 16.4 Å². The van der Waals surface area contributed by atoms with Gasteiger partial charge in [-0.05, 0) is 65.5 Å². The number of benzene rings is 2. The normalized spacial score (nSPS) is 14.4. The molecule has 1 amide bonds. The minimum atomic E-state index is -3.86. The average molecular weight is 409 g/mol. The number of fused-ring (bicyclic) bond motifs is 1. The number of nitrogens with two attached hydrogens (primary N) is 1. The van der Waals surface area contributed by atoms with E-state index >= 15 is 0 Å². The maximum Gasteiger partial charge on any atom is 0.259 e. The van der Waals surface area contributed by atoms with Crippen LogP contribution >= 0.6 is 15.9 Å². The van der Waals surface area contributed by atoms with E-state index < -0.39 is 10.0 Å². The number of amides is 1. The molecule has 0 fully saturated rings. The van der Waals surface area contributed by atoms with E-state index in [1.165, 1.54) is 18.2 Å². The number of rotatable bonds is 2. The van der Waals surface area contributed by atoms with Crippen LogP contribution in [0.4, 0.5) is 5.69 Å². The van der Waals surface area contributed by atoms with Crippen molar-refractivity contribution in [1.82, 2.24) is 0 Å². The number of halogens is 1. The highest BCUT2D eigenvalue weighted by Gasteiger charge is 2.26. The lowest BCUT2D eigenvalue weighted by Gasteiger charge is -2.30. The van der Waals surface area contributed by atoms with Crippen LogP contribution in [0.3, 0.4) is 0 Å². The second-order valence-electron chi connectivity index (χ2n) is 5.88. The number of hydrogen-bond donors (Lipinski definition) is 1. The van der Waals surface area contributed by atoms with Crippen LogP contribution in [0.1, 0.15) is 27.9 Å². The number of nitrogens with zero attached hydrogens (tertiary/aromatic N) is 1. The number of carbonyl (C=O) groups is 1. The molecule has 1 heterocycles. The summed E-state index contributed by atoms with van der Waals surface area (Å²) in [5.74, 6) is -0.239. The third-order valence-corrected chi connectivity index (χ3v) is 5.70. The van der Waals surface area contributed by atoms with Crippen molar-refractivity contribution >= 4 is 37.5 Å². The quantitative estimate of drug-likeness (QED) is 0.828. The number of hydrogen-bond acceptors (Lipinski definition) is 3. The fourth-order valence-corrected chi connectivity index (χ4v) is 3.88. The Morgan fingerprint density at radius 1 is 1.21 bits per heavy atom. The van der Waals surface area contributed by atoms with Crippen LogP contribution < -0.4 is 10.0 Å². The van der Waals surface area contributed by atoms with Gasteiger partial charge in [0.25, 0.3) is 5.91 Å². The van der Waals surface area contributed by atoms with Gasteiger partial charge in [-0.1, -0.05) is 17.7 Å². The topological polar surface area (TPSA) is 80.5 Å². The standard InChI is InChI=1S/C17H17BrN2O3S/c1-11-4-7-16-12(9-11)3-2-8-20(16)17(21)14-10-13(24(19,22)23)5-6-15(14)18/h4-7,9-10H,2-3,8H2,1H3,(H2,19,22,23). The molecule has 0 atom stereocenters. The lowest BCUT2D eigenvalue weighted by molar-refractivity contribution is 0.0984. The summed E-state index contributed by atoms with van der Waals surface area (Å²) < 4.78 is 23.7. The zero-order valence-corrected chi connectivity index (χ0v) is 15.5. The molecule has 126 valence electrons. The highest BCUT2D eigenvalue weighted by molar-refractivity contribution is 9.10. The number of primary sulfonamides is 1. The van der Waals surface area contributed by atoms with E-state index in [0.717, 1.165) is 29.7 Å². The van der Waals surface area contributed by atoms with Gasteiger partial charge in [0.15, 0.2) is 0 Å². The van der Waals surface area contributed by atoms with Gasteiger partial charge in [0.05, 0.1) is 10.5 Å². The molecule has 3 rings (SSSR count). The van der Waals surface area contributed by atoms with Crippen molar-refractivity contribution in [3.8, 4) is 0 Å². The number of aryl methyl sites for hydroxylation is 2. The van der Waals surface area contributed by atoms with Crippen molar-refractivity contribution in [1.29, 1.82) is 0 Å². The molecular weight excluding hydrogens is 392 g/mol. The minimum absolute atomic E-state index is 0.0739. The van der Waals surface area contributed by atoms with E-state index in [9.17, 15) is 13.2 Å². The summed E-state index contributed by atoms with van der Waals surface area (Å²) in [6, 6.07) is 10.2. The lowest BCUT2D eigenvalue weighted by atomic mass is 9.99. The van der Waals surface area contributed by atoms with Gasteiger partial charge in [-0.15, -0.1) is 0 Å². The Hall–Kier alpha value is -1.70. The SMILES string of the molecule is Cc1ccc2c(c1)CCCN2C(=O)c1cc(S(N)(=O)=O)ccc1Br. The van der Waals surface area contributed by atoms with Crippen molar-refractivity contribution in [2.45, 2.75) is 24.7 Å². The fourth-order valence-electron chi connectivity index (χ4n) is 2.93. The second kappa shape index (κ2) is 6.31. The maximum atomic E-state index is 13.0. The van der Waals surface area contributed by atoms with Crippen LogP contribution in [0.2, 0.25) is 0 Å². The molecular formula is C17H17BrN2O3S. The third kappa shape index (κ3) is 3.24. The molecule has 0 aliphatic carbocycles. The van der Waals surface area contributed by atoms with Gasteiger partial charge in [-0.3, -0.25) is 4.79 Å². The van der Waals surface area contributed by atoms with Gasteiger partial charge in [0.1, 0.15) is 0 Å². The molecule has 1 aliphatic heterocycles. The van der Waals surface area contributed by atoms with Crippen molar-refractivity contribution in [2.24, 2.45) is 5.14 Å². The summed E-state index contributed by atoms with van der Waals surface area (Å²) in [6.07, 6.45) is 1.80. The fraction of sp³-hybridized carbons (Fsp3) is 0.235. The Bertz CT molecular complexity index is 925. The number of sulfonamides is 1. The summed E-state index contributed by atoms with van der Waals surface area (Å²) in [4.78, 5) is 14.6. The first-order chi connectivity index (χ1) is 11.3. The summed E-state index contributed by atoms with van der Waals surface area (Å²) in [5.41, 5.74) is 3.45. The van der Waals surface area contributed by atoms with E-state index in [4.69, 9.17) is 5.14 Å². The van der Waals surface area contributed by atoms with Crippen molar-refractivity contribution in [3.63, 3.8) is 0 Å². The zero-order chi connectivity index (χ0) is 17.5. The summed E-state index contributed by atoms with van der Waals surface area (Å²) in [7, 11) is -3.86. The number of anilines is 1. The summed E-state index contributed by atoms with van der Waals surface area (Å²) >= 11 is 3.33. The molecule has 0 radical (unpaired) electrons. The molecule has 7 heteroatoms. The highest BCUT2D eigenvalue weighted by Crippen LogP contribution is 2.31. The van der Waals surface area contributed by atoms with Crippen LogP contribution in [-0.4, -0.2) is 20.9 Å². The first-order valence-electron chi connectivity index (χ1n) is 7.51. The highest BCUT2D eigenvalue weighted by atomic mass is 79.9. The zero-order valence-electron chi connectivity index (χ0n) is 13.1. The van der Waals surface area contributed by atoms with E-state index in [2.05, 4.69) is 22.0 Å². The lowest BCUT2D eigenvalue weighted by Crippen LogP contribution is -2.35. The van der Waals surface area contributed by atoms with Gasteiger partial charge >= 0.3 is 0 Å². The number of carbonyl (C=O) groups excluding carboxylic acids is 1. The maximum absolute atomic E-state index is 13.0. The molecule has 0 saturated heterocycles.